The highest BCUT2D eigenvalue weighted by Crippen LogP contribution is 2.02. The van der Waals surface area contributed by atoms with Crippen LogP contribution in [0.3, 0.4) is 0 Å². The van der Waals surface area contributed by atoms with Crippen LogP contribution in [0.25, 0.3) is 0 Å². The molecule has 1 atom stereocenters. The van der Waals surface area contributed by atoms with Crippen LogP contribution in [0.4, 0.5) is 4.79 Å². The molecule has 1 aromatic carbocycles. The van der Waals surface area contributed by atoms with Crippen molar-refractivity contribution in [1.82, 2.24) is 0 Å². The molecule has 0 spiro atoms. The quantitative estimate of drug-likeness (QED) is 0.565. The molecule has 82 valence electrons. The second-order valence-corrected chi connectivity index (χ2v) is 2.95. The molecule has 0 fully saturated rings. The molecule has 0 aliphatic rings. The van der Waals surface area contributed by atoms with E-state index in [1.807, 2.05) is 30.3 Å². The van der Waals surface area contributed by atoms with E-state index >= 15 is 0 Å². The average Bonchev–Trinajstić information content (AvgIpc) is 2.27. The normalized spacial score (nSPS) is 11.9. The van der Waals surface area contributed by atoms with Gasteiger partial charge in [-0.1, -0.05) is 30.3 Å². The van der Waals surface area contributed by atoms with Crippen molar-refractivity contribution in [2.75, 3.05) is 7.11 Å². The number of hydrogen-bond acceptors (Lipinski definition) is 4. The lowest BCUT2D eigenvalue weighted by molar-refractivity contribution is -0.0930. The Morgan fingerprint density at radius 1 is 1.33 bits per heavy atom. The molecule has 0 N–H and O–H groups in total. The van der Waals surface area contributed by atoms with Crippen LogP contribution in [-0.2, 0) is 20.8 Å². The molecule has 0 saturated heterocycles. The molecule has 0 heterocycles. The smallest absolute Gasteiger partial charge is 0.429 e. The van der Waals surface area contributed by atoms with Gasteiger partial charge < -0.3 is 14.2 Å². The fourth-order valence-corrected chi connectivity index (χ4v) is 0.934. The van der Waals surface area contributed by atoms with Gasteiger partial charge in [-0.2, -0.15) is 0 Å². The first-order chi connectivity index (χ1) is 7.22. The van der Waals surface area contributed by atoms with Crippen LogP contribution in [-0.4, -0.2) is 19.6 Å². The molecule has 0 aliphatic carbocycles. The second kappa shape index (κ2) is 6.03. The van der Waals surface area contributed by atoms with Crippen LogP contribution < -0.4 is 0 Å². The van der Waals surface area contributed by atoms with Crippen molar-refractivity contribution in [3.63, 3.8) is 0 Å². The third-order valence-corrected chi connectivity index (χ3v) is 1.79. The molecule has 4 nitrogen and oxygen atoms in total. The van der Waals surface area contributed by atoms with Crippen molar-refractivity contribution in [1.29, 1.82) is 0 Å². The first-order valence-corrected chi connectivity index (χ1v) is 4.62. The highest BCUT2D eigenvalue weighted by molar-refractivity contribution is 5.59. The molecule has 0 bridgehead atoms. The molecule has 0 saturated carbocycles. The van der Waals surface area contributed by atoms with Crippen molar-refractivity contribution < 1.29 is 19.0 Å². The lowest BCUT2D eigenvalue weighted by Crippen LogP contribution is -2.17. The lowest BCUT2D eigenvalue weighted by Gasteiger charge is -2.10. The summed E-state index contributed by atoms with van der Waals surface area (Å²) in [5.74, 6) is 0. The zero-order valence-corrected chi connectivity index (χ0v) is 8.80. The van der Waals surface area contributed by atoms with Crippen molar-refractivity contribution in [2.24, 2.45) is 0 Å². The molecule has 1 unspecified atom stereocenters. The Kier molecular flexibility index (Phi) is 4.63. The number of carbonyl (C=O) groups excluding carboxylic acids is 1. The highest BCUT2D eigenvalue weighted by atomic mass is 16.8. The summed E-state index contributed by atoms with van der Waals surface area (Å²) in [5.41, 5.74) is 0.916. The topological polar surface area (TPSA) is 44.8 Å². The Morgan fingerprint density at radius 3 is 2.60 bits per heavy atom. The van der Waals surface area contributed by atoms with E-state index < -0.39 is 12.4 Å². The zero-order chi connectivity index (χ0) is 11.1. The predicted molar refractivity (Wildman–Crippen MR) is 54.2 cm³/mol. The van der Waals surface area contributed by atoms with Crippen LogP contribution in [0.5, 0.6) is 0 Å². The van der Waals surface area contributed by atoms with E-state index in [0.29, 0.717) is 0 Å². The number of hydrogen-bond donors (Lipinski definition) is 0. The number of rotatable bonds is 4. The van der Waals surface area contributed by atoms with E-state index in [1.54, 1.807) is 6.92 Å². The maximum atomic E-state index is 11.1. The van der Waals surface area contributed by atoms with Crippen molar-refractivity contribution in [3.8, 4) is 0 Å². The van der Waals surface area contributed by atoms with Crippen molar-refractivity contribution >= 4 is 6.16 Å². The Bertz CT molecular complexity index is 297. The molecule has 0 amide bonds. The van der Waals surface area contributed by atoms with Crippen molar-refractivity contribution in [2.45, 2.75) is 19.8 Å². The molecule has 1 rings (SSSR count). The number of ether oxygens (including phenoxy) is 3. The van der Waals surface area contributed by atoms with E-state index in [4.69, 9.17) is 14.2 Å². The highest BCUT2D eigenvalue weighted by Gasteiger charge is 2.08. The first kappa shape index (κ1) is 11.5. The summed E-state index contributed by atoms with van der Waals surface area (Å²) < 4.78 is 14.3. The SMILES string of the molecule is COC(C)OC(=O)OCc1ccccc1. The summed E-state index contributed by atoms with van der Waals surface area (Å²) in [5, 5.41) is 0. The molecule has 4 heteroatoms. The molecular formula is C11H14O4. The van der Waals surface area contributed by atoms with Gasteiger partial charge in [0.05, 0.1) is 0 Å². The van der Waals surface area contributed by atoms with Gasteiger partial charge in [-0.05, 0) is 12.5 Å². The minimum atomic E-state index is -0.729. The summed E-state index contributed by atoms with van der Waals surface area (Å²) in [4.78, 5) is 11.1. The minimum Gasteiger partial charge on any atom is -0.429 e. The largest absolute Gasteiger partial charge is 0.510 e. The molecule has 1 aromatic rings. The Hall–Kier alpha value is -1.55. The summed E-state index contributed by atoms with van der Waals surface area (Å²) in [7, 11) is 1.45. The fraction of sp³-hybridized carbons (Fsp3) is 0.364. The maximum absolute atomic E-state index is 11.1. The fourth-order valence-electron chi connectivity index (χ4n) is 0.934. The van der Waals surface area contributed by atoms with Gasteiger partial charge in [0, 0.05) is 7.11 Å². The Labute approximate surface area is 88.8 Å². The van der Waals surface area contributed by atoms with Gasteiger partial charge in [0.15, 0.2) is 0 Å². The van der Waals surface area contributed by atoms with E-state index in [-0.39, 0.29) is 6.61 Å². The van der Waals surface area contributed by atoms with Gasteiger partial charge in [0.25, 0.3) is 0 Å². The number of benzene rings is 1. The summed E-state index contributed by atoms with van der Waals surface area (Å²) in [6.45, 7) is 1.82. The zero-order valence-electron chi connectivity index (χ0n) is 8.80. The van der Waals surface area contributed by atoms with E-state index in [0.717, 1.165) is 5.56 Å². The van der Waals surface area contributed by atoms with E-state index in [9.17, 15) is 4.79 Å². The maximum Gasteiger partial charge on any atom is 0.510 e. The van der Waals surface area contributed by atoms with Gasteiger partial charge in [-0.3, -0.25) is 0 Å². The van der Waals surface area contributed by atoms with Gasteiger partial charge in [0.1, 0.15) is 6.61 Å². The summed E-state index contributed by atoms with van der Waals surface area (Å²) in [6, 6.07) is 9.39. The third-order valence-electron chi connectivity index (χ3n) is 1.79. The lowest BCUT2D eigenvalue weighted by atomic mass is 10.2. The van der Waals surface area contributed by atoms with Crippen molar-refractivity contribution in [3.05, 3.63) is 35.9 Å². The molecule has 0 aliphatic heterocycles. The third kappa shape index (κ3) is 4.46. The van der Waals surface area contributed by atoms with Crippen LogP contribution in [0.15, 0.2) is 30.3 Å². The van der Waals surface area contributed by atoms with Gasteiger partial charge in [0.2, 0.25) is 6.29 Å². The number of carbonyl (C=O) groups is 1. The second-order valence-electron chi connectivity index (χ2n) is 2.95. The van der Waals surface area contributed by atoms with E-state index in [1.165, 1.54) is 7.11 Å². The van der Waals surface area contributed by atoms with Crippen LogP contribution >= 0.6 is 0 Å². The number of methoxy groups -OCH3 is 1. The predicted octanol–water partition coefficient (Wildman–Crippen LogP) is 2.33. The first-order valence-electron chi connectivity index (χ1n) is 4.62. The monoisotopic (exact) mass is 210 g/mol. The molecule has 15 heavy (non-hydrogen) atoms. The van der Waals surface area contributed by atoms with Gasteiger partial charge in [-0.15, -0.1) is 0 Å². The average molecular weight is 210 g/mol. The van der Waals surface area contributed by atoms with Crippen LogP contribution in [0, 0.1) is 0 Å². The Morgan fingerprint density at radius 2 is 2.00 bits per heavy atom. The summed E-state index contributed by atoms with van der Waals surface area (Å²) in [6.07, 6.45) is -1.32. The van der Waals surface area contributed by atoms with Gasteiger partial charge >= 0.3 is 6.16 Å². The Balaban J connectivity index is 2.29. The molecular weight excluding hydrogens is 196 g/mol. The molecule has 0 radical (unpaired) electrons. The van der Waals surface area contributed by atoms with Crippen LogP contribution in [0.2, 0.25) is 0 Å². The van der Waals surface area contributed by atoms with Crippen LogP contribution in [0.1, 0.15) is 12.5 Å². The minimum absolute atomic E-state index is 0.204. The summed E-state index contributed by atoms with van der Waals surface area (Å²) >= 11 is 0. The van der Waals surface area contributed by atoms with Gasteiger partial charge in [-0.25, -0.2) is 4.79 Å². The van der Waals surface area contributed by atoms with E-state index in [2.05, 4.69) is 0 Å². The standard InChI is InChI=1S/C11H14O4/c1-9(13-2)15-11(12)14-8-10-6-4-3-5-7-10/h3-7,9H,8H2,1-2H3. The molecule has 0 aromatic heterocycles.